The summed E-state index contributed by atoms with van der Waals surface area (Å²) in [5, 5.41) is 22.8. The molecular weight excluding hydrogens is 462 g/mol. The third kappa shape index (κ3) is 5.97. The highest BCUT2D eigenvalue weighted by Crippen LogP contribution is 2.28. The SMILES string of the molecule is COc1ccc(C(=O)Oc2ccc(/C=C(\C#N)C(=O)Nc3cccc([N+](=O)[O-])c3)cc2Cl)cc1. The summed E-state index contributed by atoms with van der Waals surface area (Å²) in [7, 11) is 1.51. The topological polar surface area (TPSA) is 132 Å². The molecule has 0 saturated carbocycles. The Balaban J connectivity index is 1.74. The molecule has 0 aliphatic carbocycles. The first-order valence-electron chi connectivity index (χ1n) is 9.64. The van der Waals surface area contributed by atoms with Gasteiger partial charge in [0.1, 0.15) is 23.1 Å². The van der Waals surface area contributed by atoms with Crippen LogP contribution in [0.2, 0.25) is 5.02 Å². The Hall–Kier alpha value is -4.68. The zero-order valence-electron chi connectivity index (χ0n) is 17.7. The zero-order chi connectivity index (χ0) is 24.7. The van der Waals surface area contributed by atoms with Crippen LogP contribution in [-0.2, 0) is 4.79 Å². The number of hydrogen-bond donors (Lipinski definition) is 1. The molecule has 9 nitrogen and oxygen atoms in total. The van der Waals surface area contributed by atoms with Crippen LogP contribution in [-0.4, -0.2) is 23.9 Å². The second kappa shape index (κ2) is 10.8. The first kappa shape index (κ1) is 24.0. The Kier molecular flexibility index (Phi) is 7.59. The van der Waals surface area contributed by atoms with Crippen molar-refractivity contribution in [1.82, 2.24) is 0 Å². The Bertz CT molecular complexity index is 1330. The van der Waals surface area contributed by atoms with Gasteiger partial charge in [-0.1, -0.05) is 23.7 Å². The van der Waals surface area contributed by atoms with E-state index in [1.807, 2.05) is 0 Å². The van der Waals surface area contributed by atoms with Gasteiger partial charge >= 0.3 is 5.97 Å². The standard InChI is InChI=1S/C24H16ClN3O6/c1-33-20-8-6-16(7-9-20)24(30)34-22-10-5-15(12-21(22)25)11-17(14-26)23(29)27-18-3-2-4-19(13-18)28(31)32/h2-13H,1H3,(H,27,29)/b17-11+. The van der Waals surface area contributed by atoms with Crippen molar-refractivity contribution < 1.29 is 24.0 Å². The molecule has 1 amide bonds. The Morgan fingerprint density at radius 3 is 2.47 bits per heavy atom. The average Bonchev–Trinajstić information content (AvgIpc) is 2.84. The lowest BCUT2D eigenvalue weighted by Gasteiger charge is -2.08. The van der Waals surface area contributed by atoms with Crippen molar-refractivity contribution in [2.24, 2.45) is 0 Å². The average molecular weight is 478 g/mol. The molecule has 0 aliphatic heterocycles. The first-order chi connectivity index (χ1) is 16.3. The van der Waals surface area contributed by atoms with Gasteiger partial charge in [0, 0.05) is 17.8 Å². The number of nitro groups is 1. The fourth-order valence-corrected chi connectivity index (χ4v) is 3.01. The number of carbonyl (C=O) groups is 2. The highest BCUT2D eigenvalue weighted by Gasteiger charge is 2.14. The highest BCUT2D eigenvalue weighted by molar-refractivity contribution is 6.32. The second-order valence-electron chi connectivity index (χ2n) is 6.74. The zero-order valence-corrected chi connectivity index (χ0v) is 18.4. The van der Waals surface area contributed by atoms with E-state index in [1.54, 1.807) is 30.3 Å². The monoisotopic (exact) mass is 477 g/mol. The molecule has 0 aliphatic rings. The molecule has 3 aromatic carbocycles. The molecule has 3 aromatic rings. The number of ether oxygens (including phenoxy) is 2. The molecule has 0 atom stereocenters. The quantitative estimate of drug-likeness (QED) is 0.126. The van der Waals surface area contributed by atoms with E-state index in [2.05, 4.69) is 5.32 Å². The molecule has 1 N–H and O–H groups in total. The van der Waals surface area contributed by atoms with Gasteiger partial charge in [0.05, 0.1) is 22.6 Å². The Morgan fingerprint density at radius 1 is 1.12 bits per heavy atom. The van der Waals surface area contributed by atoms with Gasteiger partial charge in [-0.2, -0.15) is 5.26 Å². The molecule has 0 heterocycles. The number of hydrogen-bond acceptors (Lipinski definition) is 7. The molecule has 0 unspecified atom stereocenters. The summed E-state index contributed by atoms with van der Waals surface area (Å²) in [6.07, 6.45) is 1.29. The Labute approximate surface area is 198 Å². The van der Waals surface area contributed by atoms with Gasteiger partial charge in [-0.05, 0) is 54.1 Å². The maximum Gasteiger partial charge on any atom is 0.343 e. The van der Waals surface area contributed by atoms with Gasteiger partial charge in [-0.15, -0.1) is 0 Å². The van der Waals surface area contributed by atoms with Crippen LogP contribution in [0, 0.1) is 21.4 Å². The van der Waals surface area contributed by atoms with Crippen LogP contribution in [0.1, 0.15) is 15.9 Å². The van der Waals surface area contributed by atoms with Crippen molar-refractivity contribution >= 4 is 40.9 Å². The normalized spacial score (nSPS) is 10.7. The number of benzene rings is 3. The smallest absolute Gasteiger partial charge is 0.343 e. The number of anilines is 1. The van der Waals surface area contributed by atoms with Crippen LogP contribution >= 0.6 is 11.6 Å². The van der Waals surface area contributed by atoms with E-state index >= 15 is 0 Å². The molecule has 10 heteroatoms. The van der Waals surface area contributed by atoms with Crippen molar-refractivity contribution in [1.29, 1.82) is 5.26 Å². The molecule has 34 heavy (non-hydrogen) atoms. The van der Waals surface area contributed by atoms with Crippen molar-refractivity contribution in [2.45, 2.75) is 0 Å². The van der Waals surface area contributed by atoms with Gasteiger partial charge in [0.2, 0.25) is 0 Å². The second-order valence-corrected chi connectivity index (χ2v) is 7.15. The van der Waals surface area contributed by atoms with Gasteiger partial charge in [-0.25, -0.2) is 4.79 Å². The fraction of sp³-hybridized carbons (Fsp3) is 0.0417. The predicted molar refractivity (Wildman–Crippen MR) is 125 cm³/mol. The number of non-ortho nitro benzene ring substituents is 1. The Morgan fingerprint density at radius 2 is 1.85 bits per heavy atom. The first-order valence-corrected chi connectivity index (χ1v) is 10.0. The number of nitrogens with zero attached hydrogens (tertiary/aromatic N) is 2. The predicted octanol–water partition coefficient (Wildman–Crippen LogP) is 5.02. The third-order valence-corrected chi connectivity index (χ3v) is 4.77. The molecule has 0 bridgehead atoms. The summed E-state index contributed by atoms with van der Waals surface area (Å²) in [6, 6.07) is 17.8. The van der Waals surface area contributed by atoms with E-state index in [4.69, 9.17) is 21.1 Å². The van der Waals surface area contributed by atoms with E-state index in [1.165, 1.54) is 55.7 Å². The van der Waals surface area contributed by atoms with E-state index in [0.29, 0.717) is 16.9 Å². The minimum atomic E-state index is -0.755. The number of rotatable bonds is 7. The van der Waals surface area contributed by atoms with Crippen LogP contribution < -0.4 is 14.8 Å². The maximum absolute atomic E-state index is 12.4. The van der Waals surface area contributed by atoms with E-state index in [-0.39, 0.29) is 27.7 Å². The van der Waals surface area contributed by atoms with Gasteiger partial charge in [-0.3, -0.25) is 14.9 Å². The van der Waals surface area contributed by atoms with E-state index in [9.17, 15) is 25.0 Å². The fourth-order valence-electron chi connectivity index (χ4n) is 2.79. The van der Waals surface area contributed by atoms with Crippen molar-refractivity contribution in [3.05, 3.63) is 98.6 Å². The summed E-state index contributed by atoms with van der Waals surface area (Å²) in [5.41, 5.74) is 0.405. The lowest BCUT2D eigenvalue weighted by atomic mass is 10.1. The van der Waals surface area contributed by atoms with Crippen molar-refractivity contribution in [3.8, 4) is 17.6 Å². The number of halogens is 1. The van der Waals surface area contributed by atoms with Crippen molar-refractivity contribution in [3.63, 3.8) is 0 Å². The number of methoxy groups -OCH3 is 1. The summed E-state index contributed by atoms with van der Waals surface area (Å²) in [6.45, 7) is 0. The van der Waals surface area contributed by atoms with Crippen LogP contribution in [0.5, 0.6) is 11.5 Å². The summed E-state index contributed by atoms with van der Waals surface area (Å²) < 4.78 is 10.4. The van der Waals surface area contributed by atoms with E-state index in [0.717, 1.165) is 0 Å². The minimum absolute atomic E-state index is 0.0898. The van der Waals surface area contributed by atoms with Gasteiger partial charge in [0.25, 0.3) is 11.6 Å². The summed E-state index contributed by atoms with van der Waals surface area (Å²) in [5.74, 6) is -0.691. The molecule has 0 radical (unpaired) electrons. The third-order valence-electron chi connectivity index (χ3n) is 4.48. The number of carbonyl (C=O) groups excluding carboxylic acids is 2. The number of esters is 1. The molecular formula is C24H16ClN3O6. The largest absolute Gasteiger partial charge is 0.497 e. The molecule has 0 saturated heterocycles. The summed E-state index contributed by atoms with van der Waals surface area (Å²) >= 11 is 6.22. The molecule has 3 rings (SSSR count). The molecule has 170 valence electrons. The highest BCUT2D eigenvalue weighted by atomic mass is 35.5. The number of amides is 1. The molecule has 0 spiro atoms. The van der Waals surface area contributed by atoms with Crippen LogP contribution in [0.15, 0.2) is 72.3 Å². The van der Waals surface area contributed by atoms with Crippen molar-refractivity contribution in [2.75, 3.05) is 12.4 Å². The lowest BCUT2D eigenvalue weighted by molar-refractivity contribution is -0.384. The molecule has 0 aromatic heterocycles. The summed E-state index contributed by atoms with van der Waals surface area (Å²) in [4.78, 5) is 35.1. The van der Waals surface area contributed by atoms with Gasteiger partial charge < -0.3 is 14.8 Å². The number of nitriles is 1. The van der Waals surface area contributed by atoms with Crippen LogP contribution in [0.25, 0.3) is 6.08 Å². The molecule has 0 fully saturated rings. The van der Waals surface area contributed by atoms with E-state index < -0.39 is 16.8 Å². The number of nitrogens with one attached hydrogen (secondary N) is 1. The van der Waals surface area contributed by atoms with Gasteiger partial charge in [0.15, 0.2) is 0 Å². The number of nitro benzene ring substituents is 1. The van der Waals surface area contributed by atoms with Crippen LogP contribution in [0.3, 0.4) is 0 Å². The lowest BCUT2D eigenvalue weighted by Crippen LogP contribution is -2.13. The minimum Gasteiger partial charge on any atom is -0.497 e. The maximum atomic E-state index is 12.4. The van der Waals surface area contributed by atoms with Crippen LogP contribution in [0.4, 0.5) is 11.4 Å².